The fraction of sp³-hybridized carbons (Fsp3) is 0.438. The maximum absolute atomic E-state index is 11.7. The molecule has 0 saturated carbocycles. The predicted molar refractivity (Wildman–Crippen MR) is 97.5 cm³/mol. The van der Waals surface area contributed by atoms with Gasteiger partial charge >= 0.3 is 5.97 Å². The molecular formula is C16H20ClN3O5S. The van der Waals surface area contributed by atoms with Crippen LogP contribution in [-0.2, 0) is 24.2 Å². The van der Waals surface area contributed by atoms with E-state index in [9.17, 15) is 18.0 Å². The van der Waals surface area contributed by atoms with Gasteiger partial charge in [-0.05, 0) is 19.4 Å². The van der Waals surface area contributed by atoms with Gasteiger partial charge in [0.1, 0.15) is 5.15 Å². The third kappa shape index (κ3) is 5.18. The maximum atomic E-state index is 11.7. The average Bonchev–Trinajstić information content (AvgIpc) is 3.08. The summed E-state index contributed by atoms with van der Waals surface area (Å²) >= 11 is 6.30. The van der Waals surface area contributed by atoms with Crippen LogP contribution in [0.5, 0.6) is 0 Å². The van der Waals surface area contributed by atoms with E-state index >= 15 is 0 Å². The molecule has 2 heterocycles. The standard InChI is InChI=1S/C16H20ClN3O5S/c1-3-7-18-14(21)9-25-15(22)5-4-13-11(2)19-20(16(13)17)12-6-8-26(23,24)10-12/h3-5,12H,1,6-10H2,2H3,(H,18,21)/b5-4+/t12-/m1/s1. The Bertz CT molecular complexity index is 844. The van der Waals surface area contributed by atoms with E-state index in [1.54, 1.807) is 6.92 Å². The van der Waals surface area contributed by atoms with Gasteiger partial charge in [-0.3, -0.25) is 4.79 Å². The zero-order chi connectivity index (χ0) is 19.3. The minimum absolute atomic E-state index is 0.00113. The Labute approximate surface area is 156 Å². The molecule has 0 aromatic carbocycles. The number of esters is 1. The molecular weight excluding hydrogens is 382 g/mol. The molecule has 1 fully saturated rings. The largest absolute Gasteiger partial charge is 0.452 e. The Kier molecular flexibility index (Phi) is 6.60. The second kappa shape index (κ2) is 8.50. The SMILES string of the molecule is C=CCNC(=O)COC(=O)/C=C/c1c(C)nn([C@@H]2CCS(=O)(=O)C2)c1Cl. The van der Waals surface area contributed by atoms with Gasteiger partial charge in [0, 0.05) is 18.2 Å². The van der Waals surface area contributed by atoms with Crippen molar-refractivity contribution in [3.05, 3.63) is 35.1 Å². The number of hydrogen-bond acceptors (Lipinski definition) is 6. The van der Waals surface area contributed by atoms with Crippen LogP contribution in [0.3, 0.4) is 0 Å². The number of carbonyl (C=O) groups excluding carboxylic acids is 2. The molecule has 1 aromatic rings. The molecule has 1 aliphatic rings. The summed E-state index contributed by atoms with van der Waals surface area (Å²) in [4.78, 5) is 23.1. The third-order valence-electron chi connectivity index (χ3n) is 3.80. The second-order valence-corrected chi connectivity index (χ2v) is 8.41. The summed E-state index contributed by atoms with van der Waals surface area (Å²) in [6.07, 6.45) is 4.55. The van der Waals surface area contributed by atoms with E-state index in [2.05, 4.69) is 17.0 Å². The van der Waals surface area contributed by atoms with E-state index in [0.29, 0.717) is 17.7 Å². The fourth-order valence-corrected chi connectivity index (χ4v) is 4.57. The maximum Gasteiger partial charge on any atom is 0.331 e. The Hall–Kier alpha value is -2.13. The molecule has 8 nitrogen and oxygen atoms in total. The number of nitrogens with zero attached hydrogens (tertiary/aromatic N) is 2. The van der Waals surface area contributed by atoms with Crippen molar-refractivity contribution in [1.82, 2.24) is 15.1 Å². The second-order valence-electron chi connectivity index (χ2n) is 5.83. The van der Waals surface area contributed by atoms with Gasteiger partial charge in [-0.2, -0.15) is 5.10 Å². The number of amides is 1. The summed E-state index contributed by atoms with van der Waals surface area (Å²) in [5.41, 5.74) is 1.07. The molecule has 0 bridgehead atoms. The number of aryl methyl sites for hydroxylation is 1. The van der Waals surface area contributed by atoms with Crippen molar-refractivity contribution in [3.8, 4) is 0 Å². The minimum atomic E-state index is -3.07. The van der Waals surface area contributed by atoms with Crippen molar-refractivity contribution in [2.24, 2.45) is 0 Å². The minimum Gasteiger partial charge on any atom is -0.452 e. The van der Waals surface area contributed by atoms with E-state index in [1.807, 2.05) is 0 Å². The normalized spacial score (nSPS) is 18.8. The summed E-state index contributed by atoms with van der Waals surface area (Å²) in [6, 6.07) is -0.311. The predicted octanol–water partition coefficient (Wildman–Crippen LogP) is 1.06. The Morgan fingerprint density at radius 3 is 2.85 bits per heavy atom. The first-order valence-corrected chi connectivity index (χ1v) is 10.1. The molecule has 0 radical (unpaired) electrons. The lowest BCUT2D eigenvalue weighted by molar-refractivity contribution is -0.143. The lowest BCUT2D eigenvalue weighted by atomic mass is 10.2. The van der Waals surface area contributed by atoms with Gasteiger partial charge in [-0.15, -0.1) is 6.58 Å². The number of ether oxygens (including phenoxy) is 1. The van der Waals surface area contributed by atoms with Gasteiger partial charge in [0.15, 0.2) is 16.4 Å². The van der Waals surface area contributed by atoms with Crippen LogP contribution in [0.1, 0.15) is 23.7 Å². The van der Waals surface area contributed by atoms with Crippen LogP contribution in [0, 0.1) is 6.92 Å². The van der Waals surface area contributed by atoms with E-state index in [1.165, 1.54) is 16.8 Å². The smallest absolute Gasteiger partial charge is 0.331 e. The zero-order valence-corrected chi connectivity index (χ0v) is 15.8. The topological polar surface area (TPSA) is 107 Å². The first-order chi connectivity index (χ1) is 12.2. The summed E-state index contributed by atoms with van der Waals surface area (Å²) in [5, 5.41) is 7.03. The number of rotatable bonds is 7. The quantitative estimate of drug-likeness (QED) is 0.416. The van der Waals surface area contributed by atoms with Crippen LogP contribution in [0.4, 0.5) is 0 Å². The van der Waals surface area contributed by atoms with Crippen molar-refractivity contribution in [1.29, 1.82) is 0 Å². The Balaban J connectivity index is 2.01. The molecule has 0 spiro atoms. The highest BCUT2D eigenvalue weighted by atomic mass is 35.5. The molecule has 26 heavy (non-hydrogen) atoms. The number of nitrogens with one attached hydrogen (secondary N) is 1. The summed E-state index contributed by atoms with van der Waals surface area (Å²) in [5.74, 6) is -1.03. The van der Waals surface area contributed by atoms with Gasteiger partial charge in [0.05, 0.1) is 23.2 Å². The molecule has 10 heteroatoms. The summed E-state index contributed by atoms with van der Waals surface area (Å²) in [6.45, 7) is 5.06. The number of halogens is 1. The fourth-order valence-electron chi connectivity index (χ4n) is 2.50. The zero-order valence-electron chi connectivity index (χ0n) is 14.3. The van der Waals surface area contributed by atoms with Crippen molar-refractivity contribution in [2.45, 2.75) is 19.4 Å². The van der Waals surface area contributed by atoms with Crippen LogP contribution in [0.2, 0.25) is 5.15 Å². The van der Waals surface area contributed by atoms with Gasteiger partial charge in [0.2, 0.25) is 0 Å². The molecule has 1 amide bonds. The molecule has 0 unspecified atom stereocenters. The monoisotopic (exact) mass is 401 g/mol. The van der Waals surface area contributed by atoms with Gasteiger partial charge in [-0.25, -0.2) is 17.9 Å². The molecule has 2 rings (SSSR count). The van der Waals surface area contributed by atoms with Crippen LogP contribution >= 0.6 is 11.6 Å². The van der Waals surface area contributed by atoms with E-state index in [0.717, 1.165) is 6.08 Å². The van der Waals surface area contributed by atoms with Crippen molar-refractivity contribution >= 4 is 39.4 Å². The number of sulfone groups is 1. The molecule has 1 aliphatic heterocycles. The lowest BCUT2D eigenvalue weighted by Crippen LogP contribution is -2.28. The highest BCUT2D eigenvalue weighted by Gasteiger charge is 2.31. The van der Waals surface area contributed by atoms with Crippen LogP contribution in [-0.4, -0.2) is 54.7 Å². The molecule has 1 aromatic heterocycles. The highest BCUT2D eigenvalue weighted by molar-refractivity contribution is 7.91. The van der Waals surface area contributed by atoms with Crippen molar-refractivity contribution in [2.75, 3.05) is 24.7 Å². The van der Waals surface area contributed by atoms with Gasteiger partial charge < -0.3 is 10.1 Å². The van der Waals surface area contributed by atoms with Crippen LogP contribution < -0.4 is 5.32 Å². The summed E-state index contributed by atoms with van der Waals surface area (Å²) in [7, 11) is -3.07. The average molecular weight is 402 g/mol. The third-order valence-corrected chi connectivity index (χ3v) is 5.93. The molecule has 1 atom stereocenters. The van der Waals surface area contributed by atoms with Crippen LogP contribution in [0.25, 0.3) is 6.08 Å². The van der Waals surface area contributed by atoms with E-state index < -0.39 is 28.3 Å². The molecule has 142 valence electrons. The van der Waals surface area contributed by atoms with E-state index in [4.69, 9.17) is 16.3 Å². The number of carbonyl (C=O) groups is 2. The molecule has 0 aliphatic carbocycles. The Morgan fingerprint density at radius 1 is 1.50 bits per heavy atom. The highest BCUT2D eigenvalue weighted by Crippen LogP contribution is 2.30. The number of hydrogen-bond donors (Lipinski definition) is 1. The van der Waals surface area contributed by atoms with Crippen molar-refractivity contribution in [3.63, 3.8) is 0 Å². The first kappa shape index (κ1) is 20.2. The lowest BCUT2D eigenvalue weighted by Gasteiger charge is -2.09. The Morgan fingerprint density at radius 2 is 2.23 bits per heavy atom. The molecule has 1 N–H and O–H groups in total. The first-order valence-electron chi connectivity index (χ1n) is 7.91. The summed E-state index contributed by atoms with van der Waals surface area (Å²) < 4.78 is 29.6. The van der Waals surface area contributed by atoms with Gasteiger partial charge in [-0.1, -0.05) is 17.7 Å². The molecule has 1 saturated heterocycles. The van der Waals surface area contributed by atoms with Crippen LogP contribution in [0.15, 0.2) is 18.7 Å². The van der Waals surface area contributed by atoms with Crippen molar-refractivity contribution < 1.29 is 22.7 Å². The van der Waals surface area contributed by atoms with Gasteiger partial charge in [0.25, 0.3) is 5.91 Å². The number of aromatic nitrogens is 2. The van der Waals surface area contributed by atoms with E-state index in [-0.39, 0.29) is 29.2 Å².